The number of aliphatic hydroxyl groups excluding tert-OH is 1. The van der Waals surface area contributed by atoms with Crippen LogP contribution in [0.5, 0.6) is 5.75 Å². The number of nitrogens with zero attached hydrogens (tertiary/aromatic N) is 1. The van der Waals surface area contributed by atoms with E-state index < -0.39 is 35.5 Å². The minimum Gasteiger partial charge on any atom is -0.490 e. The molecule has 216 valence electrons. The largest absolute Gasteiger partial charge is 0.490 e. The molecule has 1 atom stereocenters. The van der Waals surface area contributed by atoms with Crippen LogP contribution in [0, 0.1) is 11.8 Å². The Morgan fingerprint density at radius 3 is 2.08 bits per heavy atom. The van der Waals surface area contributed by atoms with Crippen LogP contribution >= 0.6 is 0 Å². The fraction of sp³-hybridized carbons (Fsp3) is 0.645. The first-order chi connectivity index (χ1) is 18.3. The zero-order chi connectivity index (χ0) is 28.6. The smallest absolute Gasteiger partial charge is 0.420 e. The van der Waals surface area contributed by atoms with Gasteiger partial charge in [-0.3, -0.25) is 4.90 Å². The number of carboxylic acid groups (broad SMARTS) is 1. The zero-order valence-electron chi connectivity index (χ0n) is 23.5. The number of benzene rings is 2. The van der Waals surface area contributed by atoms with E-state index >= 15 is 0 Å². The molecule has 0 saturated heterocycles. The molecule has 0 bridgehead atoms. The van der Waals surface area contributed by atoms with Crippen molar-refractivity contribution in [1.82, 2.24) is 4.90 Å². The number of aliphatic hydroxyl groups is 1. The van der Waals surface area contributed by atoms with Crippen LogP contribution in [0.25, 0.3) is 10.8 Å². The van der Waals surface area contributed by atoms with E-state index in [4.69, 9.17) is 4.74 Å². The quantitative estimate of drug-likeness (QED) is 0.380. The molecule has 2 aromatic carbocycles. The third-order valence-electron chi connectivity index (χ3n) is 8.88. The third kappa shape index (κ3) is 6.16. The van der Waals surface area contributed by atoms with Gasteiger partial charge in [-0.2, -0.15) is 13.2 Å². The Kier molecular flexibility index (Phi) is 8.46. The molecule has 2 saturated carbocycles. The number of amides is 1. The van der Waals surface area contributed by atoms with Crippen molar-refractivity contribution in [2.75, 3.05) is 6.61 Å². The number of rotatable bonds is 6. The number of alkyl halides is 3. The molecular formula is C31H42F3NO4. The molecular weight excluding hydrogens is 507 g/mol. The van der Waals surface area contributed by atoms with Gasteiger partial charge in [-0.15, -0.1) is 0 Å². The summed E-state index contributed by atoms with van der Waals surface area (Å²) in [5.41, 5.74) is -2.61. The second-order valence-corrected chi connectivity index (χ2v) is 12.6. The molecule has 2 aliphatic rings. The Bertz CT molecular complexity index is 1160. The SMILES string of the molecule is CC(C)(C)N(C(=O)O)[C@@](C)(CO)c1ccc2c(C(F)(F)F)c(OC3CCC(C4CCCCC4)CC3)ccc2c1. The second-order valence-electron chi connectivity index (χ2n) is 12.6. The van der Waals surface area contributed by atoms with Crippen LogP contribution in [0.4, 0.5) is 18.0 Å². The van der Waals surface area contributed by atoms with E-state index in [-0.39, 0.29) is 17.2 Å². The Morgan fingerprint density at radius 2 is 1.54 bits per heavy atom. The predicted molar refractivity (Wildman–Crippen MR) is 146 cm³/mol. The summed E-state index contributed by atoms with van der Waals surface area (Å²) < 4.78 is 49.3. The number of carbonyl (C=O) groups is 1. The Hall–Kier alpha value is -2.48. The van der Waals surface area contributed by atoms with Gasteiger partial charge in [-0.25, -0.2) is 4.79 Å². The minimum absolute atomic E-state index is 0.00225. The molecule has 39 heavy (non-hydrogen) atoms. The molecule has 0 aromatic heterocycles. The highest BCUT2D eigenvalue weighted by molar-refractivity contribution is 5.89. The van der Waals surface area contributed by atoms with E-state index in [0.29, 0.717) is 16.9 Å². The maximum Gasteiger partial charge on any atom is 0.420 e. The average Bonchev–Trinajstić information content (AvgIpc) is 2.87. The van der Waals surface area contributed by atoms with Gasteiger partial charge < -0.3 is 14.9 Å². The maximum absolute atomic E-state index is 14.4. The van der Waals surface area contributed by atoms with E-state index in [9.17, 15) is 28.2 Å². The van der Waals surface area contributed by atoms with Crippen LogP contribution < -0.4 is 4.74 Å². The predicted octanol–water partition coefficient (Wildman–Crippen LogP) is 8.36. The number of hydrogen-bond donors (Lipinski definition) is 2. The fourth-order valence-electron chi connectivity index (χ4n) is 7.03. The van der Waals surface area contributed by atoms with Crippen molar-refractivity contribution in [1.29, 1.82) is 0 Å². The topological polar surface area (TPSA) is 70.0 Å². The van der Waals surface area contributed by atoms with Crippen LogP contribution in [0.2, 0.25) is 0 Å². The first kappa shape index (κ1) is 29.5. The van der Waals surface area contributed by atoms with Gasteiger partial charge in [0, 0.05) is 5.54 Å². The van der Waals surface area contributed by atoms with Gasteiger partial charge in [0.1, 0.15) is 11.3 Å². The third-order valence-corrected chi connectivity index (χ3v) is 8.88. The fourth-order valence-corrected chi connectivity index (χ4v) is 7.03. The highest BCUT2D eigenvalue weighted by Crippen LogP contribution is 2.45. The normalized spacial score (nSPS) is 22.9. The van der Waals surface area contributed by atoms with Crippen molar-refractivity contribution in [3.63, 3.8) is 0 Å². The van der Waals surface area contributed by atoms with Crippen LogP contribution in [0.1, 0.15) is 96.6 Å². The van der Waals surface area contributed by atoms with E-state index in [2.05, 4.69) is 0 Å². The summed E-state index contributed by atoms with van der Waals surface area (Å²) in [5.74, 6) is 1.25. The summed E-state index contributed by atoms with van der Waals surface area (Å²) in [6.45, 7) is 6.19. The Labute approximate surface area is 229 Å². The Balaban J connectivity index is 1.63. The molecule has 0 radical (unpaired) electrons. The van der Waals surface area contributed by atoms with Crippen LogP contribution in [0.3, 0.4) is 0 Å². The van der Waals surface area contributed by atoms with E-state index in [1.54, 1.807) is 39.8 Å². The van der Waals surface area contributed by atoms with E-state index in [1.807, 2.05) is 0 Å². The monoisotopic (exact) mass is 549 g/mol. The number of halogens is 3. The van der Waals surface area contributed by atoms with Gasteiger partial charge >= 0.3 is 12.3 Å². The van der Waals surface area contributed by atoms with E-state index in [0.717, 1.165) is 36.5 Å². The first-order valence-corrected chi connectivity index (χ1v) is 14.2. The van der Waals surface area contributed by atoms with Crippen LogP contribution in [0.15, 0.2) is 30.3 Å². The van der Waals surface area contributed by atoms with Crippen molar-refractivity contribution in [3.05, 3.63) is 41.5 Å². The van der Waals surface area contributed by atoms with Crippen molar-refractivity contribution in [2.45, 2.75) is 109 Å². The molecule has 8 heteroatoms. The lowest BCUT2D eigenvalue weighted by Crippen LogP contribution is -2.58. The zero-order valence-corrected chi connectivity index (χ0v) is 23.5. The van der Waals surface area contributed by atoms with E-state index in [1.165, 1.54) is 50.3 Å². The average molecular weight is 550 g/mol. The summed E-state index contributed by atoms with van der Waals surface area (Å²) in [6, 6.07) is 7.38. The lowest BCUT2D eigenvalue weighted by Gasteiger charge is -2.46. The van der Waals surface area contributed by atoms with Crippen LogP contribution in [-0.2, 0) is 11.7 Å². The minimum atomic E-state index is -4.63. The molecule has 2 N–H and O–H groups in total. The number of ether oxygens (including phenoxy) is 1. The highest BCUT2D eigenvalue weighted by atomic mass is 19.4. The lowest BCUT2D eigenvalue weighted by molar-refractivity contribution is -0.138. The highest BCUT2D eigenvalue weighted by Gasteiger charge is 2.44. The molecule has 0 heterocycles. The summed E-state index contributed by atoms with van der Waals surface area (Å²) in [6.07, 6.45) is 3.88. The molecule has 1 amide bonds. The van der Waals surface area contributed by atoms with Crippen molar-refractivity contribution in [3.8, 4) is 5.75 Å². The molecule has 2 aliphatic carbocycles. The molecule has 0 aliphatic heterocycles. The number of hydrogen-bond acceptors (Lipinski definition) is 3. The molecule has 2 aromatic rings. The second kappa shape index (κ2) is 11.2. The van der Waals surface area contributed by atoms with Gasteiger partial charge in [0.05, 0.1) is 18.2 Å². The Morgan fingerprint density at radius 1 is 0.923 bits per heavy atom. The first-order valence-electron chi connectivity index (χ1n) is 14.2. The lowest BCUT2D eigenvalue weighted by atomic mass is 9.73. The maximum atomic E-state index is 14.4. The molecule has 2 fully saturated rings. The summed E-state index contributed by atoms with van der Waals surface area (Å²) >= 11 is 0. The molecule has 4 rings (SSSR count). The summed E-state index contributed by atoms with van der Waals surface area (Å²) in [4.78, 5) is 13.3. The number of fused-ring (bicyclic) bond motifs is 1. The van der Waals surface area contributed by atoms with Crippen molar-refractivity contribution < 1.29 is 32.9 Å². The van der Waals surface area contributed by atoms with Crippen molar-refractivity contribution in [2.24, 2.45) is 11.8 Å². The standard InChI is InChI=1S/C31H42F3NO4/c1-29(2,3)35(28(37)38)30(4,19-36)23-13-16-25-22(18-23)12-17-26(27(25)31(32,33)34)39-24-14-10-21(11-15-24)20-8-6-5-7-9-20/h12-13,16-18,20-21,24,36H,5-11,14-15,19H2,1-4H3,(H,37,38)/t21?,24?,30-/m0/s1. The van der Waals surface area contributed by atoms with Gasteiger partial charge in [-0.05, 0) is 93.7 Å². The van der Waals surface area contributed by atoms with Gasteiger partial charge in [0.15, 0.2) is 0 Å². The van der Waals surface area contributed by atoms with Crippen molar-refractivity contribution >= 4 is 16.9 Å². The van der Waals surface area contributed by atoms with Crippen LogP contribution in [-0.4, -0.2) is 39.5 Å². The van der Waals surface area contributed by atoms with Gasteiger partial charge in [0.25, 0.3) is 0 Å². The van der Waals surface area contributed by atoms with Gasteiger partial charge in [0.2, 0.25) is 0 Å². The molecule has 0 unspecified atom stereocenters. The molecule has 5 nitrogen and oxygen atoms in total. The summed E-state index contributed by atoms with van der Waals surface area (Å²) in [7, 11) is 0. The van der Waals surface area contributed by atoms with Gasteiger partial charge in [-0.1, -0.05) is 50.3 Å². The summed E-state index contributed by atoms with van der Waals surface area (Å²) in [5, 5.41) is 20.5. The molecule has 0 spiro atoms.